The molecule has 3 aromatic carbocycles. The minimum absolute atomic E-state index is 0.104. The highest BCUT2D eigenvalue weighted by atomic mass is 16.3. The Morgan fingerprint density at radius 3 is 2.69 bits per heavy atom. The highest BCUT2D eigenvalue weighted by Gasteiger charge is 2.29. The third-order valence-corrected chi connectivity index (χ3v) is 7.70. The first-order valence-electron chi connectivity index (χ1n) is 12.9. The van der Waals surface area contributed by atoms with Gasteiger partial charge in [-0.1, -0.05) is 36.4 Å². The van der Waals surface area contributed by atoms with Crippen molar-refractivity contribution in [3.8, 4) is 0 Å². The van der Waals surface area contributed by atoms with Crippen molar-refractivity contribution < 1.29 is 5.11 Å². The Hall–Kier alpha value is -3.48. The molecule has 36 heavy (non-hydrogen) atoms. The molecule has 3 heterocycles. The molecule has 6 rings (SSSR count). The first-order chi connectivity index (χ1) is 17.5. The Balaban J connectivity index is 1.10. The van der Waals surface area contributed by atoms with Gasteiger partial charge in [0.1, 0.15) is 5.82 Å². The summed E-state index contributed by atoms with van der Waals surface area (Å²) in [6.07, 6.45) is 5.29. The van der Waals surface area contributed by atoms with E-state index < -0.39 is 6.10 Å². The van der Waals surface area contributed by atoms with Crippen LogP contribution in [0.4, 0.5) is 0 Å². The molecule has 3 N–H and O–H groups in total. The number of benzene rings is 3. The molecule has 184 valence electrons. The largest absolute Gasteiger partial charge is 0.387 e. The standard InChI is InChI=1S/C30H33N5O/c1-19-14-27-28(15-20(19)2)35(18-31-27)13-12-29-33-24-10-8-21(17-26(24)34-29)16-23-9-11-25(32-23)30(36)22-6-4-3-5-7-22/h3-8,10,14-15,17-18,23,25,30,32,36H,9,11-13,16H2,1-2H3,(H,33,34)/t23-,25-,30-/m1/s1. The summed E-state index contributed by atoms with van der Waals surface area (Å²) in [5.74, 6) is 0.998. The third-order valence-electron chi connectivity index (χ3n) is 7.70. The number of hydrogen-bond acceptors (Lipinski definition) is 4. The number of H-pyrrole nitrogens is 1. The number of rotatable bonds is 7. The molecule has 0 amide bonds. The van der Waals surface area contributed by atoms with Crippen molar-refractivity contribution in [1.29, 1.82) is 0 Å². The topological polar surface area (TPSA) is 78.8 Å². The maximum atomic E-state index is 10.8. The number of imidazole rings is 2. The van der Waals surface area contributed by atoms with E-state index in [9.17, 15) is 5.11 Å². The third kappa shape index (κ3) is 4.54. The number of hydrogen-bond donors (Lipinski definition) is 3. The van der Waals surface area contributed by atoms with Crippen LogP contribution in [0.3, 0.4) is 0 Å². The van der Waals surface area contributed by atoms with Gasteiger partial charge in [-0.15, -0.1) is 0 Å². The lowest BCUT2D eigenvalue weighted by Gasteiger charge is -2.20. The van der Waals surface area contributed by atoms with Crippen LogP contribution in [-0.2, 0) is 19.4 Å². The Labute approximate surface area is 211 Å². The monoisotopic (exact) mass is 479 g/mol. The molecule has 5 aromatic rings. The number of fused-ring (bicyclic) bond motifs is 2. The minimum Gasteiger partial charge on any atom is -0.387 e. The van der Waals surface area contributed by atoms with Crippen molar-refractivity contribution in [2.75, 3.05) is 0 Å². The van der Waals surface area contributed by atoms with Gasteiger partial charge in [-0.3, -0.25) is 0 Å². The Kier molecular flexibility index (Phi) is 6.07. The van der Waals surface area contributed by atoms with E-state index in [1.807, 2.05) is 36.7 Å². The van der Waals surface area contributed by atoms with Crippen molar-refractivity contribution in [3.05, 3.63) is 95.1 Å². The fraction of sp³-hybridized carbons (Fsp3) is 0.333. The lowest BCUT2D eigenvalue weighted by molar-refractivity contribution is 0.135. The predicted octanol–water partition coefficient (Wildman–Crippen LogP) is 5.17. The molecule has 0 saturated carbocycles. The first-order valence-corrected chi connectivity index (χ1v) is 12.9. The van der Waals surface area contributed by atoms with Crippen LogP contribution in [0.1, 0.15) is 47.0 Å². The molecule has 6 heteroatoms. The quantitative estimate of drug-likeness (QED) is 0.301. The van der Waals surface area contributed by atoms with Gasteiger partial charge in [-0.25, -0.2) is 9.97 Å². The average molecular weight is 480 g/mol. The number of nitrogens with one attached hydrogen (secondary N) is 2. The van der Waals surface area contributed by atoms with Crippen LogP contribution in [0.15, 0.2) is 67.0 Å². The van der Waals surface area contributed by atoms with E-state index in [2.05, 4.69) is 64.0 Å². The van der Waals surface area contributed by atoms with Crippen molar-refractivity contribution >= 4 is 22.1 Å². The van der Waals surface area contributed by atoms with Gasteiger partial charge in [0.15, 0.2) is 0 Å². The molecule has 1 aliphatic rings. The number of aromatic amines is 1. The van der Waals surface area contributed by atoms with Crippen LogP contribution in [0, 0.1) is 13.8 Å². The van der Waals surface area contributed by atoms with Gasteiger partial charge < -0.3 is 20.0 Å². The van der Waals surface area contributed by atoms with Crippen LogP contribution in [-0.4, -0.2) is 36.7 Å². The molecule has 0 radical (unpaired) electrons. The second-order valence-corrected chi connectivity index (χ2v) is 10.3. The highest BCUT2D eigenvalue weighted by molar-refractivity contribution is 5.77. The summed E-state index contributed by atoms with van der Waals surface area (Å²) in [7, 11) is 0. The van der Waals surface area contributed by atoms with E-state index >= 15 is 0 Å². The summed E-state index contributed by atoms with van der Waals surface area (Å²) < 4.78 is 2.21. The molecular weight excluding hydrogens is 446 g/mol. The summed E-state index contributed by atoms with van der Waals surface area (Å²) in [4.78, 5) is 12.9. The number of aromatic nitrogens is 4. The van der Waals surface area contributed by atoms with Crippen molar-refractivity contribution in [2.45, 2.75) is 64.3 Å². The highest BCUT2D eigenvalue weighted by Crippen LogP contribution is 2.27. The minimum atomic E-state index is -0.464. The zero-order valence-electron chi connectivity index (χ0n) is 20.9. The van der Waals surface area contributed by atoms with Gasteiger partial charge in [-0.05, 0) is 79.6 Å². The van der Waals surface area contributed by atoms with E-state index in [1.165, 1.54) is 22.2 Å². The molecule has 6 nitrogen and oxygen atoms in total. The van der Waals surface area contributed by atoms with Crippen LogP contribution in [0.25, 0.3) is 22.1 Å². The van der Waals surface area contributed by atoms with Gasteiger partial charge in [0.05, 0.1) is 34.5 Å². The molecule has 2 aromatic heterocycles. The van der Waals surface area contributed by atoms with E-state index in [0.717, 1.165) is 60.2 Å². The predicted molar refractivity (Wildman–Crippen MR) is 144 cm³/mol. The number of nitrogens with zero attached hydrogens (tertiary/aromatic N) is 3. The molecule has 0 bridgehead atoms. The first kappa shape index (κ1) is 23.0. The fourth-order valence-electron chi connectivity index (χ4n) is 5.50. The van der Waals surface area contributed by atoms with Crippen molar-refractivity contribution in [2.24, 2.45) is 0 Å². The maximum Gasteiger partial charge on any atom is 0.109 e. The maximum absolute atomic E-state index is 10.8. The molecule has 1 fully saturated rings. The number of aliphatic hydroxyl groups is 1. The Bertz CT molecular complexity index is 1500. The SMILES string of the molecule is Cc1cc2ncn(CCc3nc4ccc(C[C@H]5CC[C@H]([C@H](O)c6ccccc6)N5)cc4[nH]3)c2cc1C. The number of aryl methyl sites for hydroxylation is 4. The van der Waals surface area contributed by atoms with Crippen molar-refractivity contribution in [1.82, 2.24) is 24.8 Å². The van der Waals surface area contributed by atoms with Gasteiger partial charge in [0.25, 0.3) is 0 Å². The van der Waals surface area contributed by atoms with Crippen LogP contribution in [0.2, 0.25) is 0 Å². The van der Waals surface area contributed by atoms with Gasteiger partial charge in [0.2, 0.25) is 0 Å². The summed E-state index contributed by atoms with van der Waals surface area (Å²) in [5, 5.41) is 14.4. The van der Waals surface area contributed by atoms with Crippen LogP contribution >= 0.6 is 0 Å². The van der Waals surface area contributed by atoms with E-state index in [0.29, 0.717) is 6.04 Å². The van der Waals surface area contributed by atoms with E-state index in [-0.39, 0.29) is 6.04 Å². The average Bonchev–Trinajstić information content (AvgIpc) is 3.62. The summed E-state index contributed by atoms with van der Waals surface area (Å²) >= 11 is 0. The van der Waals surface area contributed by atoms with Gasteiger partial charge in [-0.2, -0.15) is 0 Å². The molecule has 1 aliphatic heterocycles. The second-order valence-electron chi connectivity index (χ2n) is 10.3. The molecule has 0 aliphatic carbocycles. The summed E-state index contributed by atoms with van der Waals surface area (Å²) in [5.41, 5.74) is 9.15. The number of aliphatic hydroxyl groups excluding tert-OH is 1. The molecular formula is C30H33N5O. The second kappa shape index (κ2) is 9.52. The summed E-state index contributed by atoms with van der Waals surface area (Å²) in [6.45, 7) is 5.12. The smallest absolute Gasteiger partial charge is 0.109 e. The lowest BCUT2D eigenvalue weighted by atomic mass is 10.0. The van der Waals surface area contributed by atoms with E-state index in [4.69, 9.17) is 4.98 Å². The normalized spacial score (nSPS) is 18.9. The molecule has 0 unspecified atom stereocenters. The van der Waals surface area contributed by atoms with Crippen molar-refractivity contribution in [3.63, 3.8) is 0 Å². The Morgan fingerprint density at radius 1 is 1.00 bits per heavy atom. The van der Waals surface area contributed by atoms with Crippen LogP contribution < -0.4 is 5.32 Å². The van der Waals surface area contributed by atoms with E-state index in [1.54, 1.807) is 0 Å². The van der Waals surface area contributed by atoms with Gasteiger partial charge in [0, 0.05) is 25.0 Å². The Morgan fingerprint density at radius 2 is 1.83 bits per heavy atom. The van der Waals surface area contributed by atoms with Crippen LogP contribution in [0.5, 0.6) is 0 Å². The molecule has 3 atom stereocenters. The summed E-state index contributed by atoms with van der Waals surface area (Å²) in [6, 6.07) is 21.3. The lowest BCUT2D eigenvalue weighted by Crippen LogP contribution is -2.35. The molecule has 0 spiro atoms. The zero-order chi connectivity index (χ0) is 24.6. The molecule has 1 saturated heterocycles. The zero-order valence-corrected chi connectivity index (χ0v) is 20.9. The fourth-order valence-corrected chi connectivity index (χ4v) is 5.50. The van der Waals surface area contributed by atoms with Gasteiger partial charge >= 0.3 is 0 Å².